The number of nitrogens with zero attached hydrogens (tertiary/aromatic N) is 1. The Bertz CT molecular complexity index is 319. The number of pyridine rings is 1. The van der Waals surface area contributed by atoms with Crippen molar-refractivity contribution in [2.75, 3.05) is 29.1 Å². The lowest BCUT2D eigenvalue weighted by atomic mass is 10.1. The van der Waals surface area contributed by atoms with Gasteiger partial charge in [-0.25, -0.2) is 0 Å². The normalized spacial score (nSPS) is 20.5. The Balaban J connectivity index is 1.97. The van der Waals surface area contributed by atoms with Crippen LogP contribution in [0.5, 0.6) is 0 Å². The molecule has 1 unspecified atom stereocenters. The van der Waals surface area contributed by atoms with E-state index in [0.29, 0.717) is 5.69 Å². The molecule has 0 amide bonds. The number of nitrogens with one attached hydrogen (secondary N) is 1. The summed E-state index contributed by atoms with van der Waals surface area (Å²) in [7, 11) is 0. The maximum atomic E-state index is 5.85. The molecule has 3 nitrogen and oxygen atoms in total. The molecule has 82 valence electrons. The molecule has 1 aliphatic heterocycles. The molecular weight excluding hydrogens is 274 g/mol. The van der Waals surface area contributed by atoms with Crippen LogP contribution < -0.4 is 11.1 Å². The zero-order valence-corrected chi connectivity index (χ0v) is 10.8. The van der Waals surface area contributed by atoms with Gasteiger partial charge in [-0.1, -0.05) is 0 Å². The summed E-state index contributed by atoms with van der Waals surface area (Å²) in [6.45, 7) is 1.000. The highest BCUT2D eigenvalue weighted by Crippen LogP contribution is 2.29. The van der Waals surface area contributed by atoms with Crippen molar-refractivity contribution in [1.82, 2.24) is 4.98 Å². The minimum absolute atomic E-state index is 0.704. The smallest absolute Gasteiger partial charge is 0.0750 e. The van der Waals surface area contributed by atoms with Crippen molar-refractivity contribution in [2.24, 2.45) is 5.92 Å². The van der Waals surface area contributed by atoms with Gasteiger partial charge in [0.1, 0.15) is 0 Å². The average molecular weight is 288 g/mol. The molecule has 0 radical (unpaired) electrons. The maximum absolute atomic E-state index is 5.85. The van der Waals surface area contributed by atoms with Gasteiger partial charge in [0.15, 0.2) is 0 Å². The second-order valence-corrected chi connectivity index (χ2v) is 5.70. The molecule has 0 aliphatic carbocycles. The van der Waals surface area contributed by atoms with Crippen LogP contribution in [-0.4, -0.2) is 23.0 Å². The first-order chi connectivity index (χ1) is 7.27. The number of rotatable bonds is 3. The predicted octanol–water partition coefficient (Wildman–Crippen LogP) is 2.59. The molecule has 0 saturated carbocycles. The fourth-order valence-corrected chi connectivity index (χ4v) is 3.40. The number of hydrogen-bond donors (Lipinski definition) is 2. The molecule has 1 aromatic heterocycles. The monoisotopic (exact) mass is 287 g/mol. The van der Waals surface area contributed by atoms with Crippen LogP contribution in [0.15, 0.2) is 16.9 Å². The van der Waals surface area contributed by atoms with E-state index in [9.17, 15) is 0 Å². The van der Waals surface area contributed by atoms with E-state index in [2.05, 4.69) is 26.2 Å². The molecule has 5 heteroatoms. The summed E-state index contributed by atoms with van der Waals surface area (Å²) in [5, 5.41) is 3.40. The fourth-order valence-electron chi connectivity index (χ4n) is 1.63. The van der Waals surface area contributed by atoms with Gasteiger partial charge in [-0.15, -0.1) is 0 Å². The predicted molar refractivity (Wildman–Crippen MR) is 70.3 cm³/mol. The fraction of sp³-hybridized carbons (Fsp3) is 0.500. The van der Waals surface area contributed by atoms with Gasteiger partial charge in [0.2, 0.25) is 0 Å². The number of nitrogens with two attached hydrogens (primary N) is 1. The van der Waals surface area contributed by atoms with Gasteiger partial charge in [0, 0.05) is 12.7 Å². The highest BCUT2D eigenvalue weighted by Gasteiger charge is 2.15. The van der Waals surface area contributed by atoms with E-state index in [4.69, 9.17) is 5.73 Å². The van der Waals surface area contributed by atoms with Crippen LogP contribution in [0.1, 0.15) is 6.42 Å². The minimum Gasteiger partial charge on any atom is -0.396 e. The van der Waals surface area contributed by atoms with Crippen LogP contribution >= 0.6 is 27.7 Å². The van der Waals surface area contributed by atoms with E-state index in [1.54, 1.807) is 12.4 Å². The van der Waals surface area contributed by atoms with Gasteiger partial charge in [-0.2, -0.15) is 11.8 Å². The van der Waals surface area contributed by atoms with Crippen molar-refractivity contribution >= 4 is 39.1 Å². The van der Waals surface area contributed by atoms with Crippen LogP contribution in [0.3, 0.4) is 0 Å². The summed E-state index contributed by atoms with van der Waals surface area (Å²) in [6, 6.07) is 0. The van der Waals surface area contributed by atoms with Gasteiger partial charge in [0.25, 0.3) is 0 Å². The molecule has 1 fully saturated rings. The summed E-state index contributed by atoms with van der Waals surface area (Å²) in [5.74, 6) is 3.32. The van der Waals surface area contributed by atoms with Crippen molar-refractivity contribution in [3.8, 4) is 0 Å². The highest BCUT2D eigenvalue weighted by atomic mass is 79.9. The van der Waals surface area contributed by atoms with Crippen molar-refractivity contribution < 1.29 is 0 Å². The third kappa shape index (κ3) is 2.78. The van der Waals surface area contributed by atoms with E-state index < -0.39 is 0 Å². The lowest BCUT2D eigenvalue weighted by Gasteiger charge is -2.14. The van der Waals surface area contributed by atoms with Gasteiger partial charge < -0.3 is 11.1 Å². The van der Waals surface area contributed by atoms with E-state index >= 15 is 0 Å². The number of thioether (sulfide) groups is 1. The first kappa shape index (κ1) is 11.1. The Hall–Kier alpha value is -0.420. The Morgan fingerprint density at radius 2 is 2.47 bits per heavy atom. The van der Waals surface area contributed by atoms with E-state index in [1.807, 2.05) is 11.8 Å². The van der Waals surface area contributed by atoms with Crippen LogP contribution in [0.4, 0.5) is 11.4 Å². The van der Waals surface area contributed by atoms with E-state index in [0.717, 1.165) is 22.6 Å². The average Bonchev–Trinajstić information content (AvgIpc) is 2.70. The zero-order valence-electron chi connectivity index (χ0n) is 8.37. The van der Waals surface area contributed by atoms with Crippen molar-refractivity contribution in [2.45, 2.75) is 6.42 Å². The molecule has 1 atom stereocenters. The summed E-state index contributed by atoms with van der Waals surface area (Å²) in [5.41, 5.74) is 7.52. The molecule has 0 spiro atoms. The quantitative estimate of drug-likeness (QED) is 0.897. The Kier molecular flexibility index (Phi) is 3.75. The Labute approximate surface area is 102 Å². The van der Waals surface area contributed by atoms with E-state index in [1.165, 1.54) is 17.9 Å². The van der Waals surface area contributed by atoms with Crippen LogP contribution in [0.2, 0.25) is 0 Å². The molecule has 2 heterocycles. The van der Waals surface area contributed by atoms with Crippen molar-refractivity contribution in [3.05, 3.63) is 16.9 Å². The summed E-state index contributed by atoms with van der Waals surface area (Å²) < 4.78 is 0.938. The molecule has 1 aromatic rings. The van der Waals surface area contributed by atoms with Crippen LogP contribution in [-0.2, 0) is 0 Å². The largest absolute Gasteiger partial charge is 0.396 e. The Morgan fingerprint density at radius 3 is 3.13 bits per heavy atom. The second kappa shape index (κ2) is 5.07. The number of nitrogen functional groups attached to an aromatic ring is 1. The minimum atomic E-state index is 0.704. The molecule has 0 aromatic carbocycles. The van der Waals surface area contributed by atoms with Gasteiger partial charge in [-0.05, 0) is 39.8 Å². The highest BCUT2D eigenvalue weighted by molar-refractivity contribution is 9.10. The van der Waals surface area contributed by atoms with Gasteiger partial charge in [0.05, 0.1) is 22.0 Å². The number of aromatic nitrogens is 1. The lowest BCUT2D eigenvalue weighted by molar-refractivity contribution is 0.632. The molecular formula is C10H14BrN3S. The third-order valence-electron chi connectivity index (χ3n) is 2.52. The maximum Gasteiger partial charge on any atom is 0.0750 e. The Morgan fingerprint density at radius 1 is 1.60 bits per heavy atom. The topological polar surface area (TPSA) is 50.9 Å². The van der Waals surface area contributed by atoms with Crippen molar-refractivity contribution in [1.29, 1.82) is 0 Å². The summed E-state index contributed by atoms with van der Waals surface area (Å²) in [6.07, 6.45) is 4.75. The van der Waals surface area contributed by atoms with E-state index in [-0.39, 0.29) is 0 Å². The summed E-state index contributed by atoms with van der Waals surface area (Å²) >= 11 is 5.48. The lowest BCUT2D eigenvalue weighted by Crippen LogP contribution is -2.14. The summed E-state index contributed by atoms with van der Waals surface area (Å²) in [4.78, 5) is 4.01. The standard InChI is InChI=1S/C10H14BrN3S/c11-8-4-13-5-9(12)10(8)14-3-7-1-2-15-6-7/h4-5,7H,1-3,6,12H2,(H,13,14). The molecule has 15 heavy (non-hydrogen) atoms. The molecule has 0 bridgehead atoms. The van der Waals surface area contributed by atoms with Gasteiger partial charge in [-0.3, -0.25) is 4.98 Å². The number of hydrogen-bond acceptors (Lipinski definition) is 4. The van der Waals surface area contributed by atoms with Gasteiger partial charge >= 0.3 is 0 Å². The number of halogens is 1. The zero-order chi connectivity index (χ0) is 10.7. The first-order valence-corrected chi connectivity index (χ1v) is 6.92. The van der Waals surface area contributed by atoms with Crippen LogP contribution in [0.25, 0.3) is 0 Å². The molecule has 1 saturated heterocycles. The molecule has 2 rings (SSSR count). The van der Waals surface area contributed by atoms with Crippen molar-refractivity contribution in [3.63, 3.8) is 0 Å². The number of anilines is 2. The molecule has 3 N–H and O–H groups in total. The third-order valence-corrected chi connectivity index (χ3v) is 4.35. The first-order valence-electron chi connectivity index (χ1n) is 4.98. The van der Waals surface area contributed by atoms with Crippen LogP contribution in [0, 0.1) is 5.92 Å². The second-order valence-electron chi connectivity index (χ2n) is 3.70. The molecule has 1 aliphatic rings. The SMILES string of the molecule is Nc1cncc(Br)c1NCC1CCSC1.